The fourth-order valence-electron chi connectivity index (χ4n) is 2.56. The van der Waals surface area contributed by atoms with Crippen molar-refractivity contribution in [3.8, 4) is 0 Å². The van der Waals surface area contributed by atoms with E-state index >= 15 is 0 Å². The van der Waals surface area contributed by atoms with Crippen LogP contribution in [0.1, 0.15) is 12.0 Å². The summed E-state index contributed by atoms with van der Waals surface area (Å²) in [4.78, 5) is 16.4. The van der Waals surface area contributed by atoms with Gasteiger partial charge in [0.25, 0.3) is 5.91 Å². The average Bonchev–Trinajstić information content (AvgIpc) is 2.89. The number of amides is 1. The monoisotopic (exact) mass is 248 g/mol. The van der Waals surface area contributed by atoms with Crippen molar-refractivity contribution >= 4 is 11.7 Å². The third-order valence-electron chi connectivity index (χ3n) is 3.67. The van der Waals surface area contributed by atoms with Crippen LogP contribution >= 0.6 is 0 Å². The molecule has 0 unspecified atom stereocenters. The molecule has 1 aromatic heterocycles. The van der Waals surface area contributed by atoms with Crippen LogP contribution in [-0.4, -0.2) is 10.9 Å². The second kappa shape index (κ2) is 3.54. The number of aryl methyl sites for hydroxylation is 1. The molecule has 0 saturated heterocycles. The van der Waals surface area contributed by atoms with Crippen molar-refractivity contribution in [2.24, 2.45) is 0 Å². The number of fused-ring (bicyclic) bond motifs is 2. The number of carbonyl (C=O) groups excluding carboxylic acids is 1. The number of nitrogens with zero attached hydrogens (tertiary/aromatic N) is 1. The van der Waals surface area contributed by atoms with E-state index in [0.717, 1.165) is 23.1 Å². The third-order valence-corrected chi connectivity index (χ3v) is 3.67. The predicted octanol–water partition coefficient (Wildman–Crippen LogP) is 2.84. The lowest BCUT2D eigenvalue weighted by molar-refractivity contribution is -0.112. The second-order valence-corrected chi connectivity index (χ2v) is 5.07. The first-order valence-corrected chi connectivity index (χ1v) is 6.33. The maximum Gasteiger partial charge on any atom is 0.257 e. The zero-order valence-corrected chi connectivity index (χ0v) is 10.5. The van der Waals surface area contributed by atoms with Gasteiger partial charge in [0.05, 0.1) is 0 Å². The molecule has 0 bridgehead atoms. The molecule has 1 amide bonds. The van der Waals surface area contributed by atoms with Crippen LogP contribution < -0.4 is 5.32 Å². The molecule has 1 aromatic rings. The van der Waals surface area contributed by atoms with Crippen LogP contribution in [0.5, 0.6) is 0 Å². The van der Waals surface area contributed by atoms with Crippen LogP contribution in [-0.2, 0) is 4.79 Å². The van der Waals surface area contributed by atoms with E-state index in [2.05, 4.69) is 16.4 Å². The van der Waals surface area contributed by atoms with E-state index in [1.54, 1.807) is 6.20 Å². The summed E-state index contributed by atoms with van der Waals surface area (Å²) in [7, 11) is 0. The normalized spacial score (nSPS) is 18.5. The van der Waals surface area contributed by atoms with Gasteiger partial charge in [-0.15, -0.1) is 0 Å². The molecule has 0 aromatic carbocycles. The number of hydrogen-bond acceptors (Lipinski definition) is 2. The highest BCUT2D eigenvalue weighted by Gasteiger charge is 2.35. The van der Waals surface area contributed by atoms with Crippen LogP contribution in [0.25, 0.3) is 0 Å². The summed E-state index contributed by atoms with van der Waals surface area (Å²) in [6.45, 7) is 1.97. The molecule has 0 spiro atoms. The smallest absolute Gasteiger partial charge is 0.257 e. The molecular weight excluding hydrogens is 236 g/mol. The Morgan fingerprint density at radius 2 is 2.16 bits per heavy atom. The van der Waals surface area contributed by atoms with Gasteiger partial charge in [0.15, 0.2) is 0 Å². The summed E-state index contributed by atoms with van der Waals surface area (Å²) in [6, 6.07) is 3.76. The van der Waals surface area contributed by atoms with Gasteiger partial charge in [-0.25, -0.2) is 4.98 Å². The van der Waals surface area contributed by atoms with Crippen LogP contribution in [0.15, 0.2) is 64.4 Å². The Labute approximate surface area is 111 Å². The van der Waals surface area contributed by atoms with Gasteiger partial charge >= 0.3 is 0 Å². The summed E-state index contributed by atoms with van der Waals surface area (Å²) in [5.41, 5.74) is 6.91. The molecule has 4 rings (SSSR count). The molecule has 1 N–H and O–H groups in total. The minimum absolute atomic E-state index is 0.0867. The molecule has 1 heterocycles. The Morgan fingerprint density at radius 3 is 2.95 bits per heavy atom. The Hall–Kier alpha value is -2.42. The van der Waals surface area contributed by atoms with E-state index in [1.165, 1.54) is 16.7 Å². The van der Waals surface area contributed by atoms with Crippen molar-refractivity contribution in [3.63, 3.8) is 0 Å². The Bertz CT molecular complexity index is 731. The first kappa shape index (κ1) is 10.5. The number of nitrogens with one attached hydrogen (secondary N) is 1. The maximum absolute atomic E-state index is 12.3. The third kappa shape index (κ3) is 1.58. The fourth-order valence-corrected chi connectivity index (χ4v) is 2.56. The van der Waals surface area contributed by atoms with Gasteiger partial charge in [0.2, 0.25) is 0 Å². The Balaban J connectivity index is 1.61. The number of hydrogen-bond donors (Lipinski definition) is 1. The highest BCUT2D eigenvalue weighted by Crippen LogP contribution is 2.51. The molecule has 1 saturated carbocycles. The number of aromatic nitrogens is 1. The number of allylic oxidation sites excluding steroid dienone is 6. The van der Waals surface area contributed by atoms with Crippen molar-refractivity contribution in [3.05, 3.63) is 70.0 Å². The van der Waals surface area contributed by atoms with Crippen molar-refractivity contribution in [2.75, 3.05) is 5.32 Å². The fraction of sp³-hybridized carbons (Fsp3) is 0.125. The van der Waals surface area contributed by atoms with Crippen molar-refractivity contribution in [1.82, 2.24) is 4.98 Å². The van der Waals surface area contributed by atoms with Gasteiger partial charge in [0.1, 0.15) is 5.82 Å². The molecule has 0 atom stereocenters. The molecule has 3 aliphatic rings. The highest BCUT2D eigenvalue weighted by atomic mass is 16.1. The van der Waals surface area contributed by atoms with E-state index in [0.29, 0.717) is 5.82 Å². The predicted molar refractivity (Wildman–Crippen MR) is 73.5 cm³/mol. The van der Waals surface area contributed by atoms with Crippen molar-refractivity contribution < 1.29 is 4.79 Å². The van der Waals surface area contributed by atoms with Crippen LogP contribution in [0.4, 0.5) is 5.82 Å². The van der Waals surface area contributed by atoms with Crippen molar-refractivity contribution in [1.29, 1.82) is 0 Å². The van der Waals surface area contributed by atoms with Gasteiger partial charge < -0.3 is 5.32 Å². The number of pyridine rings is 1. The minimum Gasteiger partial charge on any atom is -0.307 e. The summed E-state index contributed by atoms with van der Waals surface area (Å²) in [5.74, 6) is 0.505. The van der Waals surface area contributed by atoms with Gasteiger partial charge in [-0.05, 0) is 59.4 Å². The summed E-state index contributed by atoms with van der Waals surface area (Å²) in [6.07, 6.45) is 8.91. The zero-order chi connectivity index (χ0) is 13.0. The van der Waals surface area contributed by atoms with E-state index in [9.17, 15) is 4.79 Å². The van der Waals surface area contributed by atoms with Crippen LogP contribution in [0.3, 0.4) is 0 Å². The zero-order valence-electron chi connectivity index (χ0n) is 10.5. The van der Waals surface area contributed by atoms with E-state index in [4.69, 9.17) is 0 Å². The van der Waals surface area contributed by atoms with Gasteiger partial charge in [-0.2, -0.15) is 0 Å². The Kier molecular flexibility index (Phi) is 1.96. The molecular formula is C16H12N2O. The number of anilines is 1. The molecule has 3 aliphatic carbocycles. The average molecular weight is 248 g/mol. The van der Waals surface area contributed by atoms with Gasteiger partial charge in [0, 0.05) is 11.8 Å². The highest BCUT2D eigenvalue weighted by molar-refractivity contribution is 6.08. The van der Waals surface area contributed by atoms with E-state index < -0.39 is 0 Å². The molecule has 3 nitrogen and oxygen atoms in total. The first-order chi connectivity index (χ1) is 9.22. The van der Waals surface area contributed by atoms with Gasteiger partial charge in [-0.1, -0.05) is 12.1 Å². The van der Waals surface area contributed by atoms with Crippen LogP contribution in [0.2, 0.25) is 0 Å². The molecule has 92 valence electrons. The molecule has 0 aliphatic heterocycles. The number of carbonyl (C=O) groups is 1. The maximum atomic E-state index is 12.3. The lowest BCUT2D eigenvalue weighted by Gasteiger charge is -2.05. The van der Waals surface area contributed by atoms with E-state index in [1.807, 2.05) is 31.2 Å². The van der Waals surface area contributed by atoms with E-state index in [-0.39, 0.29) is 5.91 Å². The second-order valence-electron chi connectivity index (χ2n) is 5.07. The summed E-state index contributed by atoms with van der Waals surface area (Å²) in [5, 5.41) is 2.84. The minimum atomic E-state index is -0.0867. The molecule has 1 fully saturated rings. The van der Waals surface area contributed by atoms with Crippen molar-refractivity contribution in [2.45, 2.75) is 13.3 Å². The quantitative estimate of drug-likeness (QED) is 0.874. The van der Waals surface area contributed by atoms with Gasteiger partial charge in [-0.3, -0.25) is 4.79 Å². The SMILES string of the molecule is Cc1ccc(NC(=O)C2=C3C=C4CC4=C3C=C2)nc1. The topological polar surface area (TPSA) is 42.0 Å². The number of rotatable bonds is 2. The Morgan fingerprint density at radius 1 is 1.26 bits per heavy atom. The largest absolute Gasteiger partial charge is 0.307 e. The lowest BCUT2D eigenvalue weighted by atomic mass is 10.1. The van der Waals surface area contributed by atoms with Crippen LogP contribution in [0, 0.1) is 6.92 Å². The molecule has 19 heavy (non-hydrogen) atoms. The summed E-state index contributed by atoms with van der Waals surface area (Å²) < 4.78 is 0. The molecule has 3 heteroatoms. The molecule has 0 radical (unpaired) electrons. The lowest BCUT2D eigenvalue weighted by Crippen LogP contribution is -2.14. The summed E-state index contributed by atoms with van der Waals surface area (Å²) >= 11 is 0. The first-order valence-electron chi connectivity index (χ1n) is 6.33. The standard InChI is InChI=1S/C16H12N2O/c1-9-2-5-15(17-8-9)18-16(19)12-4-3-11-13-6-10(13)7-14(11)12/h2-5,7-8H,6H2,1H3,(H,17,18,19).